The molecular weight excluding hydrogens is 399 g/mol. The smallest absolute Gasteiger partial charge is 0.338 e. The Morgan fingerprint density at radius 1 is 1.21 bits per heavy atom. The quantitative estimate of drug-likeness (QED) is 0.724. The Balaban J connectivity index is 1.53. The van der Waals surface area contributed by atoms with E-state index >= 15 is 0 Å². The number of esters is 1. The number of hydrogen-bond donors (Lipinski definition) is 1. The van der Waals surface area contributed by atoms with Gasteiger partial charge < -0.3 is 14.8 Å². The van der Waals surface area contributed by atoms with Crippen LogP contribution in [0.5, 0.6) is 0 Å². The third-order valence-electron chi connectivity index (χ3n) is 4.54. The molecule has 0 aromatic heterocycles. The largest absolute Gasteiger partial charge is 0.449 e. The molecule has 3 rings (SSSR count). The lowest BCUT2D eigenvalue weighted by Gasteiger charge is -2.26. The summed E-state index contributed by atoms with van der Waals surface area (Å²) in [6.07, 6.45) is -1.09. The fraction of sp³-hybridized carbons (Fsp3) is 0.333. The first-order chi connectivity index (χ1) is 13.9. The normalized spacial score (nSPS) is 15.6. The summed E-state index contributed by atoms with van der Waals surface area (Å²) in [4.78, 5) is 26.8. The van der Waals surface area contributed by atoms with Gasteiger partial charge in [-0.15, -0.1) is 0 Å². The number of hydrogen-bond acceptors (Lipinski definition) is 5. The summed E-state index contributed by atoms with van der Waals surface area (Å²) in [5.41, 5.74) is 1.38. The van der Waals surface area contributed by atoms with Crippen molar-refractivity contribution < 1.29 is 23.5 Å². The molecule has 29 heavy (non-hydrogen) atoms. The molecular formula is C21H22ClFN2O4. The van der Waals surface area contributed by atoms with Gasteiger partial charge in [-0.1, -0.05) is 23.7 Å². The van der Waals surface area contributed by atoms with Crippen LogP contribution in [-0.4, -0.2) is 49.2 Å². The number of carbonyl (C=O) groups is 2. The number of benzene rings is 2. The maximum atomic E-state index is 13.8. The number of nitrogens with one attached hydrogen (secondary N) is 1. The van der Waals surface area contributed by atoms with E-state index in [1.54, 1.807) is 12.1 Å². The van der Waals surface area contributed by atoms with Gasteiger partial charge in [-0.2, -0.15) is 0 Å². The van der Waals surface area contributed by atoms with E-state index in [1.807, 2.05) is 12.1 Å². The van der Waals surface area contributed by atoms with Crippen LogP contribution in [0.3, 0.4) is 0 Å². The van der Waals surface area contributed by atoms with Gasteiger partial charge in [0.05, 0.1) is 24.5 Å². The number of morpholine rings is 1. The molecule has 1 heterocycles. The van der Waals surface area contributed by atoms with Crippen molar-refractivity contribution in [3.63, 3.8) is 0 Å². The number of amides is 1. The maximum absolute atomic E-state index is 13.8. The highest BCUT2D eigenvalue weighted by molar-refractivity contribution is 6.30. The molecule has 0 unspecified atom stereocenters. The van der Waals surface area contributed by atoms with Crippen molar-refractivity contribution in [3.05, 3.63) is 64.4 Å². The Kier molecular flexibility index (Phi) is 7.19. The van der Waals surface area contributed by atoms with Crippen LogP contribution in [0.25, 0.3) is 0 Å². The number of carbonyl (C=O) groups excluding carboxylic acids is 2. The first kappa shape index (κ1) is 21.2. The lowest BCUT2D eigenvalue weighted by molar-refractivity contribution is -0.123. The fourth-order valence-corrected chi connectivity index (χ4v) is 3.03. The van der Waals surface area contributed by atoms with E-state index in [9.17, 15) is 14.0 Å². The predicted octanol–water partition coefficient (Wildman–Crippen LogP) is 3.50. The number of nitrogens with zero attached hydrogens (tertiary/aromatic N) is 1. The average Bonchev–Trinajstić information content (AvgIpc) is 2.71. The fourth-order valence-electron chi connectivity index (χ4n) is 2.87. The highest BCUT2D eigenvalue weighted by Gasteiger charge is 2.20. The minimum absolute atomic E-state index is 0.0326. The molecule has 0 radical (unpaired) electrons. The van der Waals surface area contributed by atoms with Crippen LogP contribution in [0.2, 0.25) is 5.02 Å². The van der Waals surface area contributed by atoms with Crippen LogP contribution < -0.4 is 5.32 Å². The van der Waals surface area contributed by atoms with Crippen molar-refractivity contribution in [2.24, 2.45) is 0 Å². The summed E-state index contributed by atoms with van der Waals surface area (Å²) in [6.45, 7) is 5.42. The first-order valence-corrected chi connectivity index (χ1v) is 9.66. The predicted molar refractivity (Wildman–Crippen MR) is 107 cm³/mol. The molecule has 6 nitrogen and oxygen atoms in total. The van der Waals surface area contributed by atoms with Crippen LogP contribution in [0.4, 0.5) is 10.1 Å². The molecule has 8 heteroatoms. The molecule has 154 valence electrons. The second-order valence-electron chi connectivity index (χ2n) is 6.75. The van der Waals surface area contributed by atoms with Crippen LogP contribution in [0.15, 0.2) is 42.5 Å². The van der Waals surface area contributed by atoms with E-state index in [2.05, 4.69) is 10.2 Å². The molecule has 0 spiro atoms. The van der Waals surface area contributed by atoms with Gasteiger partial charge in [-0.05, 0) is 42.8 Å². The minimum atomic E-state index is -1.09. The van der Waals surface area contributed by atoms with Crippen molar-refractivity contribution in [1.29, 1.82) is 0 Å². The summed E-state index contributed by atoms with van der Waals surface area (Å²) >= 11 is 5.69. The van der Waals surface area contributed by atoms with Gasteiger partial charge in [0.1, 0.15) is 5.82 Å². The Morgan fingerprint density at radius 3 is 2.55 bits per heavy atom. The zero-order valence-electron chi connectivity index (χ0n) is 16.0. The van der Waals surface area contributed by atoms with Gasteiger partial charge in [0.15, 0.2) is 6.10 Å². The van der Waals surface area contributed by atoms with E-state index in [0.29, 0.717) is 5.56 Å². The van der Waals surface area contributed by atoms with Gasteiger partial charge in [-0.3, -0.25) is 9.69 Å². The minimum Gasteiger partial charge on any atom is -0.449 e. The molecule has 0 bridgehead atoms. The van der Waals surface area contributed by atoms with E-state index in [4.69, 9.17) is 21.1 Å². The van der Waals surface area contributed by atoms with Crippen molar-refractivity contribution >= 4 is 29.2 Å². The molecule has 0 aliphatic carbocycles. The number of anilines is 1. The summed E-state index contributed by atoms with van der Waals surface area (Å²) in [5, 5.41) is 2.60. The number of ether oxygens (including phenoxy) is 2. The van der Waals surface area contributed by atoms with Crippen molar-refractivity contribution in [2.75, 3.05) is 31.6 Å². The van der Waals surface area contributed by atoms with Gasteiger partial charge in [0.2, 0.25) is 0 Å². The van der Waals surface area contributed by atoms with Crippen LogP contribution in [0, 0.1) is 5.82 Å². The monoisotopic (exact) mass is 420 g/mol. The van der Waals surface area contributed by atoms with E-state index in [1.165, 1.54) is 19.1 Å². The van der Waals surface area contributed by atoms with Crippen LogP contribution in [-0.2, 0) is 20.8 Å². The summed E-state index contributed by atoms with van der Waals surface area (Å²) in [7, 11) is 0. The van der Waals surface area contributed by atoms with E-state index < -0.39 is 23.8 Å². The lowest BCUT2D eigenvalue weighted by Crippen LogP contribution is -2.35. The topological polar surface area (TPSA) is 67.9 Å². The molecule has 1 N–H and O–H groups in total. The lowest BCUT2D eigenvalue weighted by atomic mass is 10.1. The zero-order valence-corrected chi connectivity index (χ0v) is 16.7. The molecule has 2 aromatic rings. The van der Waals surface area contributed by atoms with Crippen LogP contribution in [0.1, 0.15) is 22.8 Å². The summed E-state index contributed by atoms with van der Waals surface area (Å²) in [5.74, 6) is -1.93. The molecule has 1 aliphatic heterocycles. The van der Waals surface area contributed by atoms with E-state index in [-0.39, 0.29) is 10.7 Å². The first-order valence-electron chi connectivity index (χ1n) is 9.28. The number of rotatable bonds is 6. The standard InChI is InChI=1S/C21H22ClFN2O4/c1-14(20(26)24-19-7-6-17(22)12-18(19)23)29-21(27)16-4-2-15(3-5-16)13-25-8-10-28-11-9-25/h2-7,12,14H,8-11,13H2,1H3,(H,24,26)/t14-/m1/s1. The molecule has 1 aliphatic rings. The molecule has 1 atom stereocenters. The highest BCUT2D eigenvalue weighted by atomic mass is 35.5. The zero-order chi connectivity index (χ0) is 20.8. The Morgan fingerprint density at radius 2 is 1.90 bits per heavy atom. The van der Waals surface area contributed by atoms with Crippen molar-refractivity contribution in [2.45, 2.75) is 19.6 Å². The molecule has 1 fully saturated rings. The van der Waals surface area contributed by atoms with Gasteiger partial charge in [-0.25, -0.2) is 9.18 Å². The van der Waals surface area contributed by atoms with Gasteiger partial charge >= 0.3 is 5.97 Å². The SMILES string of the molecule is C[C@@H](OC(=O)c1ccc(CN2CCOCC2)cc1)C(=O)Nc1ccc(Cl)cc1F. The Bertz CT molecular complexity index is 869. The van der Waals surface area contributed by atoms with Crippen molar-refractivity contribution in [1.82, 2.24) is 4.90 Å². The van der Waals surface area contributed by atoms with Gasteiger partial charge in [0.25, 0.3) is 5.91 Å². The summed E-state index contributed by atoms with van der Waals surface area (Å²) < 4.78 is 24.3. The van der Waals surface area contributed by atoms with Crippen molar-refractivity contribution in [3.8, 4) is 0 Å². The van der Waals surface area contributed by atoms with Crippen LogP contribution >= 0.6 is 11.6 Å². The van der Waals surface area contributed by atoms with E-state index in [0.717, 1.165) is 44.5 Å². The summed E-state index contributed by atoms with van der Waals surface area (Å²) in [6, 6.07) is 10.9. The Hall–Kier alpha value is -2.48. The second-order valence-corrected chi connectivity index (χ2v) is 7.18. The third kappa shape index (κ3) is 6.00. The molecule has 2 aromatic carbocycles. The molecule has 0 saturated carbocycles. The average molecular weight is 421 g/mol. The number of halogens is 2. The molecule has 1 amide bonds. The molecule has 1 saturated heterocycles. The second kappa shape index (κ2) is 9.82. The van der Waals surface area contributed by atoms with Gasteiger partial charge in [0, 0.05) is 24.7 Å². The maximum Gasteiger partial charge on any atom is 0.338 e. The third-order valence-corrected chi connectivity index (χ3v) is 4.78. The highest BCUT2D eigenvalue weighted by Crippen LogP contribution is 2.19. The Labute approximate surface area is 173 Å².